The van der Waals surface area contributed by atoms with Crippen molar-refractivity contribution in [1.82, 2.24) is 0 Å². The highest BCUT2D eigenvalue weighted by Crippen LogP contribution is 2.23. The van der Waals surface area contributed by atoms with Crippen LogP contribution in [0.25, 0.3) is 0 Å². The Morgan fingerprint density at radius 2 is 2.11 bits per heavy atom. The summed E-state index contributed by atoms with van der Waals surface area (Å²) in [6.07, 6.45) is -5.94. The molecule has 7 heteroatoms. The topological polar surface area (TPSA) is 48.7 Å². The van der Waals surface area contributed by atoms with Gasteiger partial charge in [0.1, 0.15) is 11.9 Å². The van der Waals surface area contributed by atoms with Crippen LogP contribution >= 0.6 is 0 Å². The summed E-state index contributed by atoms with van der Waals surface area (Å²) in [7, 11) is 1.20. The average Bonchev–Trinajstić information content (AvgIpc) is 2.75. The summed E-state index contributed by atoms with van der Waals surface area (Å²) in [5, 5.41) is 0. The maximum Gasteiger partial charge on any atom is 0.391 e. The zero-order chi connectivity index (χ0) is 13.8. The summed E-state index contributed by atoms with van der Waals surface area (Å²) < 4.78 is 50.2. The van der Waals surface area contributed by atoms with Crippen molar-refractivity contribution in [3.63, 3.8) is 0 Å². The lowest BCUT2D eigenvalue weighted by atomic mass is 10.3. The van der Waals surface area contributed by atoms with Gasteiger partial charge >= 0.3 is 12.1 Å². The number of esters is 1. The van der Waals surface area contributed by atoms with Gasteiger partial charge in [-0.2, -0.15) is 13.2 Å². The van der Waals surface area contributed by atoms with Crippen molar-refractivity contribution < 1.29 is 31.9 Å². The van der Waals surface area contributed by atoms with E-state index in [1.165, 1.54) is 26.2 Å². The lowest BCUT2D eigenvalue weighted by Crippen LogP contribution is -2.12. The quantitative estimate of drug-likeness (QED) is 0.768. The van der Waals surface area contributed by atoms with Crippen LogP contribution in [-0.2, 0) is 9.47 Å². The molecule has 18 heavy (non-hydrogen) atoms. The Morgan fingerprint density at radius 3 is 2.67 bits per heavy atom. The predicted octanol–water partition coefficient (Wildman–Crippen LogP) is 3.10. The molecule has 0 spiro atoms. The molecule has 1 atom stereocenters. The second-order valence-electron chi connectivity index (χ2n) is 3.57. The minimum atomic E-state index is -4.25. The van der Waals surface area contributed by atoms with Crippen LogP contribution in [0, 0.1) is 0 Å². The number of ether oxygens (including phenoxy) is 2. The first-order chi connectivity index (χ1) is 8.33. The Labute approximate surface area is 102 Å². The number of methoxy groups -OCH3 is 1. The molecule has 0 bridgehead atoms. The SMILES string of the molecule is COC(=O)c1ccc(C(C)OCCC(F)(F)F)o1. The van der Waals surface area contributed by atoms with E-state index in [0.717, 1.165) is 0 Å². The van der Waals surface area contributed by atoms with Crippen LogP contribution in [0.15, 0.2) is 16.5 Å². The van der Waals surface area contributed by atoms with Crippen molar-refractivity contribution in [2.24, 2.45) is 0 Å². The van der Waals surface area contributed by atoms with Crippen molar-refractivity contribution in [2.75, 3.05) is 13.7 Å². The van der Waals surface area contributed by atoms with Crippen LogP contribution in [-0.4, -0.2) is 25.9 Å². The summed E-state index contributed by atoms with van der Waals surface area (Å²) in [6, 6.07) is 2.84. The molecule has 0 amide bonds. The Balaban J connectivity index is 2.49. The van der Waals surface area contributed by atoms with Crippen LogP contribution in [0.3, 0.4) is 0 Å². The first-order valence-electron chi connectivity index (χ1n) is 5.20. The number of furan rings is 1. The average molecular weight is 266 g/mol. The van der Waals surface area contributed by atoms with Gasteiger partial charge < -0.3 is 13.9 Å². The van der Waals surface area contributed by atoms with Crippen LogP contribution in [0.5, 0.6) is 0 Å². The number of hydrogen-bond acceptors (Lipinski definition) is 4. The molecule has 1 rings (SSSR count). The second kappa shape index (κ2) is 5.90. The molecule has 1 aromatic rings. The van der Waals surface area contributed by atoms with Gasteiger partial charge in [0.2, 0.25) is 5.76 Å². The van der Waals surface area contributed by atoms with Crippen LogP contribution in [0.4, 0.5) is 13.2 Å². The van der Waals surface area contributed by atoms with E-state index in [4.69, 9.17) is 9.15 Å². The smallest absolute Gasteiger partial charge is 0.391 e. The highest BCUT2D eigenvalue weighted by atomic mass is 19.4. The van der Waals surface area contributed by atoms with Gasteiger partial charge in [-0.15, -0.1) is 0 Å². The largest absolute Gasteiger partial charge is 0.463 e. The van der Waals surface area contributed by atoms with E-state index in [1.807, 2.05) is 0 Å². The maximum atomic E-state index is 11.9. The van der Waals surface area contributed by atoms with E-state index in [-0.39, 0.29) is 11.5 Å². The number of hydrogen-bond donors (Lipinski definition) is 0. The molecule has 0 fully saturated rings. The summed E-state index contributed by atoms with van der Waals surface area (Å²) in [4.78, 5) is 11.1. The van der Waals surface area contributed by atoms with E-state index in [0.29, 0.717) is 0 Å². The molecule has 1 heterocycles. The van der Waals surface area contributed by atoms with Crippen molar-refractivity contribution in [2.45, 2.75) is 25.6 Å². The van der Waals surface area contributed by atoms with Crippen LogP contribution < -0.4 is 0 Å². The lowest BCUT2D eigenvalue weighted by Gasteiger charge is -2.11. The zero-order valence-electron chi connectivity index (χ0n) is 9.91. The van der Waals surface area contributed by atoms with Crippen LogP contribution in [0.2, 0.25) is 0 Å². The Morgan fingerprint density at radius 1 is 1.44 bits per heavy atom. The second-order valence-corrected chi connectivity index (χ2v) is 3.57. The van der Waals surface area contributed by atoms with E-state index < -0.39 is 31.3 Å². The van der Waals surface area contributed by atoms with Crippen molar-refractivity contribution in [1.29, 1.82) is 0 Å². The first-order valence-corrected chi connectivity index (χ1v) is 5.20. The van der Waals surface area contributed by atoms with Gasteiger partial charge in [-0.3, -0.25) is 0 Å². The Kier molecular flexibility index (Phi) is 4.77. The summed E-state index contributed by atoms with van der Waals surface area (Å²) in [5.41, 5.74) is 0. The van der Waals surface area contributed by atoms with Gasteiger partial charge in [-0.05, 0) is 19.1 Å². The molecule has 0 aromatic carbocycles. The lowest BCUT2D eigenvalue weighted by molar-refractivity contribution is -0.149. The molecule has 0 saturated carbocycles. The van der Waals surface area contributed by atoms with Crippen molar-refractivity contribution in [3.05, 3.63) is 23.7 Å². The molecule has 1 unspecified atom stereocenters. The van der Waals surface area contributed by atoms with E-state index in [2.05, 4.69) is 4.74 Å². The van der Waals surface area contributed by atoms with E-state index >= 15 is 0 Å². The number of carbonyl (C=O) groups excluding carboxylic acids is 1. The maximum absolute atomic E-state index is 11.9. The summed E-state index contributed by atoms with van der Waals surface area (Å²) >= 11 is 0. The van der Waals surface area contributed by atoms with Gasteiger partial charge in [0, 0.05) is 0 Å². The number of alkyl halides is 3. The number of halogens is 3. The first kappa shape index (κ1) is 14.6. The highest BCUT2D eigenvalue weighted by Gasteiger charge is 2.27. The van der Waals surface area contributed by atoms with Gasteiger partial charge in [0.25, 0.3) is 0 Å². The summed E-state index contributed by atoms with van der Waals surface area (Å²) in [5.74, 6) is -0.389. The third-order valence-corrected chi connectivity index (χ3v) is 2.17. The van der Waals surface area contributed by atoms with Crippen molar-refractivity contribution in [3.8, 4) is 0 Å². The Hall–Kier alpha value is -1.50. The minimum absolute atomic E-state index is 0.0150. The standard InChI is InChI=1S/C11H13F3O4/c1-7(17-6-5-11(12,13)14)8-3-4-9(18-8)10(15)16-2/h3-4,7H,5-6H2,1-2H3. The summed E-state index contributed by atoms with van der Waals surface area (Å²) in [6.45, 7) is 1.08. The van der Waals surface area contributed by atoms with Gasteiger partial charge in [-0.1, -0.05) is 0 Å². The fourth-order valence-electron chi connectivity index (χ4n) is 1.22. The highest BCUT2D eigenvalue weighted by molar-refractivity contribution is 5.86. The molecular weight excluding hydrogens is 253 g/mol. The monoisotopic (exact) mass is 266 g/mol. The van der Waals surface area contributed by atoms with Crippen LogP contribution in [0.1, 0.15) is 35.8 Å². The fourth-order valence-corrected chi connectivity index (χ4v) is 1.22. The fraction of sp³-hybridized carbons (Fsp3) is 0.545. The van der Waals surface area contributed by atoms with Gasteiger partial charge in [-0.25, -0.2) is 4.79 Å². The molecule has 0 radical (unpaired) electrons. The molecule has 0 N–H and O–H groups in total. The van der Waals surface area contributed by atoms with Crippen molar-refractivity contribution >= 4 is 5.97 Å². The van der Waals surface area contributed by atoms with E-state index in [1.54, 1.807) is 0 Å². The minimum Gasteiger partial charge on any atom is -0.463 e. The molecule has 0 aliphatic carbocycles. The predicted molar refractivity (Wildman–Crippen MR) is 55.1 cm³/mol. The molecule has 0 saturated heterocycles. The third kappa shape index (κ3) is 4.40. The number of rotatable bonds is 5. The molecule has 1 aromatic heterocycles. The van der Waals surface area contributed by atoms with E-state index in [9.17, 15) is 18.0 Å². The zero-order valence-corrected chi connectivity index (χ0v) is 9.91. The third-order valence-electron chi connectivity index (χ3n) is 2.17. The van der Waals surface area contributed by atoms with Gasteiger partial charge in [0.05, 0.1) is 20.1 Å². The molecule has 0 aliphatic heterocycles. The van der Waals surface area contributed by atoms with Gasteiger partial charge in [0.15, 0.2) is 0 Å². The normalized spacial score (nSPS) is 13.4. The molecule has 0 aliphatic rings. The molecule has 4 nitrogen and oxygen atoms in total. The number of carbonyl (C=O) groups is 1. The molecule has 102 valence electrons. The Bertz CT molecular complexity index is 397. The molecular formula is C11H13F3O4.